The first-order valence-corrected chi connectivity index (χ1v) is 8.36. The molecule has 3 rings (SSSR count). The number of phenolic OH excluding ortho intramolecular Hbond substituents is 1. The number of Topliss-reactive ketones (excluding diaryl/α,β-unsaturated/α-hetero) is 1. The smallest absolute Gasteiger partial charge is 0.219 e. The van der Waals surface area contributed by atoms with Gasteiger partial charge in [0.25, 0.3) is 0 Å². The number of ketones is 1. The van der Waals surface area contributed by atoms with Crippen molar-refractivity contribution in [2.45, 2.75) is 38.0 Å². The van der Waals surface area contributed by atoms with Gasteiger partial charge in [-0.1, -0.05) is 60.8 Å². The minimum atomic E-state index is -0.473. The number of hydrogen-bond donors (Lipinski definition) is 2. The van der Waals surface area contributed by atoms with Gasteiger partial charge in [0, 0.05) is 5.56 Å². The van der Waals surface area contributed by atoms with Crippen LogP contribution in [-0.2, 0) is 0 Å². The lowest BCUT2D eigenvalue weighted by molar-refractivity contribution is 0.106. The molecule has 2 aromatic carbocycles. The molecular formula is C20H21NO3. The molecule has 0 amide bonds. The Hall–Kier alpha value is -2.62. The fourth-order valence-corrected chi connectivity index (χ4v) is 3.50. The number of rotatable bonds is 4. The second-order valence-electron chi connectivity index (χ2n) is 6.22. The van der Waals surface area contributed by atoms with Crippen LogP contribution in [0.2, 0.25) is 0 Å². The first kappa shape index (κ1) is 16.2. The molecule has 0 aromatic heterocycles. The fraction of sp³-hybridized carbons (Fsp3) is 0.300. The maximum Gasteiger partial charge on any atom is 0.219 e. The van der Waals surface area contributed by atoms with Crippen LogP contribution in [0.5, 0.6) is 5.75 Å². The second-order valence-corrected chi connectivity index (χ2v) is 6.22. The van der Waals surface area contributed by atoms with Crippen molar-refractivity contribution in [3.63, 3.8) is 0 Å². The minimum Gasteiger partial charge on any atom is -0.507 e. The van der Waals surface area contributed by atoms with Crippen LogP contribution >= 0.6 is 0 Å². The van der Waals surface area contributed by atoms with Crippen LogP contribution in [0.4, 0.5) is 0 Å². The summed E-state index contributed by atoms with van der Waals surface area (Å²) in [6.07, 6.45) is 5.77. The Morgan fingerprint density at radius 2 is 1.54 bits per heavy atom. The van der Waals surface area contributed by atoms with Gasteiger partial charge in [-0.2, -0.15) is 0 Å². The van der Waals surface area contributed by atoms with Gasteiger partial charge in [0.2, 0.25) is 5.78 Å². The summed E-state index contributed by atoms with van der Waals surface area (Å²) in [4.78, 5) is 12.8. The average molecular weight is 323 g/mol. The standard InChI is InChI=1S/C20H21NO3/c22-18-13-7-6-12-17(18)20(23)19(21-24)16-11-5-4-10-15(16)14-8-2-1-3-9-14/h4-7,10-14,22,24H,1-3,8-9H2. The Labute approximate surface area is 141 Å². The third-order valence-corrected chi connectivity index (χ3v) is 4.72. The van der Waals surface area contributed by atoms with Crippen LogP contribution in [0.15, 0.2) is 53.7 Å². The number of hydrogen-bond acceptors (Lipinski definition) is 4. The minimum absolute atomic E-state index is 0.0160. The number of aromatic hydroxyl groups is 1. The van der Waals surface area contributed by atoms with Gasteiger partial charge in [-0.3, -0.25) is 4.79 Å². The van der Waals surface area contributed by atoms with E-state index in [1.807, 2.05) is 24.3 Å². The predicted octanol–water partition coefficient (Wildman–Crippen LogP) is 4.50. The molecule has 4 nitrogen and oxygen atoms in total. The van der Waals surface area contributed by atoms with E-state index in [1.54, 1.807) is 12.1 Å². The van der Waals surface area contributed by atoms with Gasteiger partial charge in [0.05, 0.1) is 5.56 Å². The van der Waals surface area contributed by atoms with Crippen molar-refractivity contribution in [1.82, 2.24) is 0 Å². The van der Waals surface area contributed by atoms with E-state index in [0.717, 1.165) is 18.4 Å². The highest BCUT2D eigenvalue weighted by atomic mass is 16.4. The molecule has 0 heterocycles. The van der Waals surface area contributed by atoms with E-state index in [9.17, 15) is 15.1 Å². The molecule has 2 N–H and O–H groups in total. The van der Waals surface area contributed by atoms with E-state index in [2.05, 4.69) is 5.16 Å². The normalized spacial score (nSPS) is 16.1. The van der Waals surface area contributed by atoms with Gasteiger partial charge in [-0.15, -0.1) is 0 Å². The SMILES string of the molecule is O=C(C(=NO)c1ccccc1C1CCCCC1)c1ccccc1O. The molecule has 1 aliphatic rings. The molecular weight excluding hydrogens is 302 g/mol. The number of phenols is 1. The van der Waals surface area contributed by atoms with Crippen molar-refractivity contribution in [1.29, 1.82) is 0 Å². The summed E-state index contributed by atoms with van der Waals surface area (Å²) in [7, 11) is 0. The van der Waals surface area contributed by atoms with Gasteiger partial charge in [0.15, 0.2) is 5.71 Å². The van der Waals surface area contributed by atoms with Gasteiger partial charge in [-0.05, 0) is 36.5 Å². The van der Waals surface area contributed by atoms with E-state index < -0.39 is 5.78 Å². The van der Waals surface area contributed by atoms with Crippen molar-refractivity contribution >= 4 is 11.5 Å². The lowest BCUT2D eigenvalue weighted by atomic mass is 9.80. The zero-order valence-corrected chi connectivity index (χ0v) is 13.5. The summed E-state index contributed by atoms with van der Waals surface area (Å²) < 4.78 is 0. The largest absolute Gasteiger partial charge is 0.507 e. The lowest BCUT2D eigenvalue weighted by Gasteiger charge is -2.24. The number of nitrogens with zero attached hydrogens (tertiary/aromatic N) is 1. The third kappa shape index (κ3) is 3.18. The van der Waals surface area contributed by atoms with Crippen LogP contribution in [0.25, 0.3) is 0 Å². The van der Waals surface area contributed by atoms with Crippen LogP contribution in [0.3, 0.4) is 0 Å². The molecule has 4 heteroatoms. The highest BCUT2D eigenvalue weighted by molar-refractivity contribution is 6.52. The maximum absolute atomic E-state index is 12.8. The maximum atomic E-state index is 12.8. The van der Waals surface area contributed by atoms with Crippen LogP contribution in [0, 0.1) is 0 Å². The summed E-state index contributed by atoms with van der Waals surface area (Å²) in [5, 5.41) is 22.7. The zero-order chi connectivity index (χ0) is 16.9. The molecule has 0 bridgehead atoms. The molecule has 0 spiro atoms. The van der Waals surface area contributed by atoms with Crippen LogP contribution < -0.4 is 0 Å². The van der Waals surface area contributed by atoms with E-state index in [-0.39, 0.29) is 17.0 Å². The highest BCUT2D eigenvalue weighted by Crippen LogP contribution is 2.35. The molecule has 124 valence electrons. The Balaban J connectivity index is 2.00. The van der Waals surface area contributed by atoms with E-state index in [1.165, 1.54) is 31.4 Å². The summed E-state index contributed by atoms with van der Waals surface area (Å²) in [6, 6.07) is 13.9. The van der Waals surface area contributed by atoms with Gasteiger partial charge < -0.3 is 10.3 Å². The Morgan fingerprint density at radius 1 is 0.917 bits per heavy atom. The molecule has 24 heavy (non-hydrogen) atoms. The first-order chi connectivity index (χ1) is 11.7. The number of oxime groups is 1. The molecule has 0 saturated heterocycles. The van der Waals surface area contributed by atoms with Crippen molar-refractivity contribution in [2.24, 2.45) is 5.16 Å². The van der Waals surface area contributed by atoms with Crippen molar-refractivity contribution in [3.05, 3.63) is 65.2 Å². The molecule has 1 saturated carbocycles. The third-order valence-electron chi connectivity index (χ3n) is 4.72. The van der Waals surface area contributed by atoms with Crippen LogP contribution in [0.1, 0.15) is 59.5 Å². The van der Waals surface area contributed by atoms with Crippen molar-refractivity contribution in [3.8, 4) is 5.75 Å². The molecule has 1 aliphatic carbocycles. The monoisotopic (exact) mass is 323 g/mol. The van der Waals surface area contributed by atoms with E-state index in [4.69, 9.17) is 0 Å². The second kappa shape index (κ2) is 7.30. The van der Waals surface area contributed by atoms with E-state index >= 15 is 0 Å². The number of carbonyl (C=O) groups excluding carboxylic acids is 1. The Kier molecular flexibility index (Phi) is 4.94. The van der Waals surface area contributed by atoms with Gasteiger partial charge in [0.1, 0.15) is 5.75 Å². The topological polar surface area (TPSA) is 69.9 Å². The molecule has 2 aromatic rings. The van der Waals surface area contributed by atoms with Crippen molar-refractivity contribution < 1.29 is 15.1 Å². The molecule has 0 atom stereocenters. The molecule has 0 radical (unpaired) electrons. The fourth-order valence-electron chi connectivity index (χ4n) is 3.50. The first-order valence-electron chi connectivity index (χ1n) is 8.36. The van der Waals surface area contributed by atoms with Crippen molar-refractivity contribution in [2.75, 3.05) is 0 Å². The molecule has 0 unspecified atom stereocenters. The Morgan fingerprint density at radius 3 is 2.21 bits per heavy atom. The lowest BCUT2D eigenvalue weighted by Crippen LogP contribution is -2.19. The predicted molar refractivity (Wildman–Crippen MR) is 93.0 cm³/mol. The average Bonchev–Trinajstić information content (AvgIpc) is 2.64. The summed E-state index contributed by atoms with van der Waals surface area (Å²) in [6.45, 7) is 0. The van der Waals surface area contributed by atoms with Crippen LogP contribution in [-0.4, -0.2) is 21.8 Å². The zero-order valence-electron chi connectivity index (χ0n) is 13.5. The van der Waals surface area contributed by atoms with Gasteiger partial charge >= 0.3 is 0 Å². The van der Waals surface area contributed by atoms with Gasteiger partial charge in [-0.25, -0.2) is 0 Å². The summed E-state index contributed by atoms with van der Waals surface area (Å²) in [5.74, 6) is -0.207. The highest BCUT2D eigenvalue weighted by Gasteiger charge is 2.25. The quantitative estimate of drug-likeness (QED) is 0.377. The summed E-state index contributed by atoms with van der Waals surface area (Å²) in [5.41, 5.74) is 1.83. The number of carbonyl (C=O) groups is 1. The number of benzene rings is 2. The Bertz CT molecular complexity index is 761. The molecule has 1 fully saturated rings. The van der Waals surface area contributed by atoms with E-state index in [0.29, 0.717) is 11.5 Å². The summed E-state index contributed by atoms with van der Waals surface area (Å²) >= 11 is 0. The number of para-hydroxylation sites is 1. The molecule has 0 aliphatic heterocycles.